The molecule has 0 bridgehead atoms. The Morgan fingerprint density at radius 2 is 2.21 bits per heavy atom. The molecule has 1 aliphatic heterocycles. The average Bonchev–Trinajstić information content (AvgIpc) is 2.74. The Bertz CT molecular complexity index is 687. The summed E-state index contributed by atoms with van der Waals surface area (Å²) in [4.78, 5) is 23.0. The first-order valence-electron chi connectivity index (χ1n) is 6.05. The summed E-state index contributed by atoms with van der Waals surface area (Å²) in [6, 6.07) is 0.0723. The van der Waals surface area contributed by atoms with Crippen LogP contribution in [0.2, 0.25) is 0 Å². The number of aromatic amines is 1. The van der Waals surface area contributed by atoms with E-state index in [9.17, 15) is 9.00 Å². The summed E-state index contributed by atoms with van der Waals surface area (Å²) in [5.74, 6) is 0. The van der Waals surface area contributed by atoms with E-state index in [0.717, 1.165) is 12.8 Å². The number of aromatic nitrogens is 4. The maximum absolute atomic E-state index is 12.0. The zero-order valence-electron chi connectivity index (χ0n) is 10.5. The number of nitrogens with zero attached hydrogens (tertiary/aromatic N) is 3. The maximum atomic E-state index is 12.0. The summed E-state index contributed by atoms with van der Waals surface area (Å²) < 4.78 is 18.4. The quantitative estimate of drug-likeness (QED) is 0.795. The molecule has 1 aliphatic rings. The number of nitrogens with one attached hydrogen (secondary N) is 1. The fourth-order valence-electron chi connectivity index (χ4n) is 2.32. The zero-order chi connectivity index (χ0) is 13.4. The van der Waals surface area contributed by atoms with Crippen molar-refractivity contribution < 1.29 is 8.95 Å². The van der Waals surface area contributed by atoms with E-state index in [0.29, 0.717) is 24.4 Å². The van der Waals surface area contributed by atoms with Crippen LogP contribution in [0.3, 0.4) is 0 Å². The average molecular weight is 282 g/mol. The van der Waals surface area contributed by atoms with E-state index >= 15 is 0 Å². The van der Waals surface area contributed by atoms with Crippen LogP contribution in [0.4, 0.5) is 0 Å². The van der Waals surface area contributed by atoms with Crippen LogP contribution in [0.25, 0.3) is 11.2 Å². The molecule has 0 spiro atoms. The van der Waals surface area contributed by atoms with Gasteiger partial charge in [-0.05, 0) is 12.8 Å². The number of ether oxygens (including phenoxy) is 1. The fraction of sp³-hybridized carbons (Fsp3) is 0.545. The number of rotatable bonds is 2. The Hall–Kier alpha value is -1.54. The van der Waals surface area contributed by atoms with Crippen LogP contribution in [0, 0.1) is 0 Å². The predicted octanol–water partition coefficient (Wildman–Crippen LogP) is 0.208. The topological polar surface area (TPSA) is 89.9 Å². The Kier molecular flexibility index (Phi) is 3.19. The Morgan fingerprint density at radius 1 is 1.47 bits per heavy atom. The minimum absolute atomic E-state index is 0.0723. The van der Waals surface area contributed by atoms with Gasteiger partial charge in [-0.2, -0.15) is 0 Å². The molecule has 1 saturated heterocycles. The first kappa shape index (κ1) is 12.5. The van der Waals surface area contributed by atoms with Gasteiger partial charge < -0.3 is 9.72 Å². The van der Waals surface area contributed by atoms with Crippen molar-refractivity contribution >= 4 is 22.0 Å². The minimum atomic E-state index is -1.27. The molecule has 2 aromatic rings. The molecule has 7 nitrogen and oxygen atoms in total. The Labute approximate surface area is 111 Å². The number of hydrogen-bond donors (Lipinski definition) is 1. The van der Waals surface area contributed by atoms with Crippen LogP contribution in [0.1, 0.15) is 18.9 Å². The molecule has 0 amide bonds. The second kappa shape index (κ2) is 4.86. The Morgan fingerprint density at radius 3 is 2.89 bits per heavy atom. The highest BCUT2D eigenvalue weighted by Crippen LogP contribution is 2.22. The minimum Gasteiger partial charge on any atom is -0.381 e. The van der Waals surface area contributed by atoms with Crippen molar-refractivity contribution in [2.24, 2.45) is 0 Å². The standard InChI is InChI=1S/C11H14N4O3S/c1-19(17)10-12-6-8-9(14-10)15(11(16)13-8)7-2-4-18-5-3-7/h6-7H,2-5H2,1H3,(H,13,16). The highest BCUT2D eigenvalue weighted by atomic mass is 32.2. The molecule has 1 unspecified atom stereocenters. The third-order valence-electron chi connectivity index (χ3n) is 3.25. The van der Waals surface area contributed by atoms with Gasteiger partial charge in [-0.1, -0.05) is 0 Å². The largest absolute Gasteiger partial charge is 0.381 e. The molecule has 0 aliphatic carbocycles. The summed E-state index contributed by atoms with van der Waals surface area (Å²) in [6.07, 6.45) is 4.59. The van der Waals surface area contributed by atoms with Crippen molar-refractivity contribution in [3.05, 3.63) is 16.7 Å². The molecule has 0 saturated carbocycles. The lowest BCUT2D eigenvalue weighted by atomic mass is 10.1. The van der Waals surface area contributed by atoms with Crippen LogP contribution in [-0.4, -0.2) is 43.2 Å². The first-order valence-corrected chi connectivity index (χ1v) is 7.61. The maximum Gasteiger partial charge on any atom is 0.327 e. The van der Waals surface area contributed by atoms with Crippen molar-refractivity contribution in [1.82, 2.24) is 19.5 Å². The Balaban J connectivity index is 2.16. The SMILES string of the molecule is CS(=O)c1ncc2[nH]c(=O)n(C3CCOCC3)c2n1. The van der Waals surface area contributed by atoms with Gasteiger partial charge >= 0.3 is 5.69 Å². The molecule has 19 heavy (non-hydrogen) atoms. The highest BCUT2D eigenvalue weighted by molar-refractivity contribution is 7.84. The van der Waals surface area contributed by atoms with Gasteiger partial charge in [-0.15, -0.1) is 0 Å². The lowest BCUT2D eigenvalue weighted by Crippen LogP contribution is -2.27. The zero-order valence-corrected chi connectivity index (χ0v) is 11.3. The van der Waals surface area contributed by atoms with Gasteiger partial charge in [0.25, 0.3) is 0 Å². The van der Waals surface area contributed by atoms with E-state index in [1.165, 1.54) is 12.5 Å². The molecule has 3 heterocycles. The molecule has 8 heteroatoms. The van der Waals surface area contributed by atoms with Gasteiger partial charge in [0.15, 0.2) is 5.65 Å². The molecule has 0 aromatic carbocycles. The summed E-state index contributed by atoms with van der Waals surface area (Å²) >= 11 is 0. The van der Waals surface area contributed by atoms with Gasteiger partial charge in [0.2, 0.25) is 5.16 Å². The molecule has 3 rings (SSSR count). The van der Waals surface area contributed by atoms with E-state index in [1.54, 1.807) is 4.57 Å². The van der Waals surface area contributed by atoms with E-state index in [-0.39, 0.29) is 16.9 Å². The van der Waals surface area contributed by atoms with Gasteiger partial charge in [-0.3, -0.25) is 8.78 Å². The summed E-state index contributed by atoms with van der Waals surface area (Å²) in [5, 5.41) is 0.243. The second-order valence-corrected chi connectivity index (χ2v) is 5.76. The van der Waals surface area contributed by atoms with E-state index in [4.69, 9.17) is 4.74 Å². The molecule has 1 fully saturated rings. The van der Waals surface area contributed by atoms with E-state index in [2.05, 4.69) is 15.0 Å². The first-order chi connectivity index (χ1) is 9.16. The molecular formula is C11H14N4O3S. The second-order valence-electron chi connectivity index (χ2n) is 4.49. The number of H-pyrrole nitrogens is 1. The summed E-state index contributed by atoms with van der Waals surface area (Å²) in [5.41, 5.74) is 0.901. The normalized spacial score (nSPS) is 18.8. The third-order valence-corrected chi connectivity index (χ3v) is 3.96. The predicted molar refractivity (Wildman–Crippen MR) is 69.6 cm³/mol. The molecular weight excluding hydrogens is 268 g/mol. The fourth-order valence-corrected chi connectivity index (χ4v) is 2.74. The van der Waals surface area contributed by atoms with Crippen LogP contribution in [0.15, 0.2) is 16.1 Å². The lowest BCUT2D eigenvalue weighted by Gasteiger charge is -2.22. The monoisotopic (exact) mass is 282 g/mol. The van der Waals surface area contributed by atoms with Crippen molar-refractivity contribution in [1.29, 1.82) is 0 Å². The van der Waals surface area contributed by atoms with Crippen molar-refractivity contribution in [2.45, 2.75) is 24.0 Å². The molecule has 2 aromatic heterocycles. The van der Waals surface area contributed by atoms with Gasteiger partial charge in [0.1, 0.15) is 5.52 Å². The lowest BCUT2D eigenvalue weighted by molar-refractivity contribution is 0.0696. The van der Waals surface area contributed by atoms with Crippen LogP contribution < -0.4 is 5.69 Å². The van der Waals surface area contributed by atoms with Crippen LogP contribution >= 0.6 is 0 Å². The van der Waals surface area contributed by atoms with Crippen LogP contribution in [-0.2, 0) is 15.5 Å². The van der Waals surface area contributed by atoms with Crippen molar-refractivity contribution in [3.63, 3.8) is 0 Å². The summed E-state index contributed by atoms with van der Waals surface area (Å²) in [6.45, 7) is 1.28. The summed E-state index contributed by atoms with van der Waals surface area (Å²) in [7, 11) is -1.27. The number of hydrogen-bond acceptors (Lipinski definition) is 5. The van der Waals surface area contributed by atoms with Gasteiger partial charge in [0.05, 0.1) is 17.0 Å². The molecule has 1 N–H and O–H groups in total. The van der Waals surface area contributed by atoms with E-state index in [1.807, 2.05) is 0 Å². The van der Waals surface area contributed by atoms with E-state index < -0.39 is 10.8 Å². The number of fused-ring (bicyclic) bond motifs is 1. The smallest absolute Gasteiger partial charge is 0.327 e. The highest BCUT2D eigenvalue weighted by Gasteiger charge is 2.21. The van der Waals surface area contributed by atoms with Gasteiger partial charge in [0, 0.05) is 25.5 Å². The van der Waals surface area contributed by atoms with Crippen molar-refractivity contribution in [2.75, 3.05) is 19.5 Å². The van der Waals surface area contributed by atoms with Crippen LogP contribution in [0.5, 0.6) is 0 Å². The van der Waals surface area contributed by atoms with Crippen molar-refractivity contribution in [3.8, 4) is 0 Å². The molecule has 102 valence electrons. The molecule has 1 atom stereocenters. The number of imidazole rings is 1. The third kappa shape index (κ3) is 2.21. The van der Waals surface area contributed by atoms with Gasteiger partial charge in [-0.25, -0.2) is 14.8 Å². The molecule has 0 radical (unpaired) electrons.